The number of fused-ring (bicyclic) bond motifs is 1. The number of carbonyl (C=O) groups excluding carboxylic acids is 1. The van der Waals surface area contributed by atoms with E-state index in [4.69, 9.17) is 10.00 Å². The van der Waals surface area contributed by atoms with Gasteiger partial charge < -0.3 is 14.2 Å². The normalized spacial score (nSPS) is 16.5. The molecule has 2 rings (SSSR count). The standard InChI is InChI=1S/C12H9F2NO4/c1-2-17-11(16)8(6-15)7-3-4-9-10(5-7)19-12(13,14)18-9/h3-5,8H,2H2,1H3. The first kappa shape index (κ1) is 13.1. The molecule has 0 spiro atoms. The van der Waals surface area contributed by atoms with Crippen LogP contribution < -0.4 is 9.47 Å². The Morgan fingerprint density at radius 1 is 1.47 bits per heavy atom. The number of rotatable bonds is 3. The summed E-state index contributed by atoms with van der Waals surface area (Å²) >= 11 is 0. The van der Waals surface area contributed by atoms with Crippen molar-refractivity contribution in [3.8, 4) is 17.6 Å². The molecule has 0 fully saturated rings. The number of carbonyl (C=O) groups is 1. The first-order valence-electron chi connectivity index (χ1n) is 5.43. The fraction of sp³-hybridized carbons (Fsp3) is 0.333. The predicted octanol–water partition coefficient (Wildman–Crippen LogP) is 2.18. The van der Waals surface area contributed by atoms with Gasteiger partial charge in [-0.1, -0.05) is 6.07 Å². The number of alkyl halides is 2. The lowest BCUT2D eigenvalue weighted by Gasteiger charge is -2.08. The molecule has 7 heteroatoms. The number of nitrogens with zero attached hydrogens (tertiary/aromatic N) is 1. The van der Waals surface area contributed by atoms with E-state index in [0.29, 0.717) is 0 Å². The minimum absolute atomic E-state index is 0.125. The van der Waals surface area contributed by atoms with Crippen LogP contribution >= 0.6 is 0 Å². The van der Waals surface area contributed by atoms with E-state index in [1.807, 2.05) is 0 Å². The van der Waals surface area contributed by atoms with E-state index < -0.39 is 18.2 Å². The van der Waals surface area contributed by atoms with Crippen molar-refractivity contribution in [1.29, 1.82) is 5.26 Å². The number of hydrogen-bond donors (Lipinski definition) is 0. The van der Waals surface area contributed by atoms with Crippen LogP contribution in [0.1, 0.15) is 18.4 Å². The van der Waals surface area contributed by atoms with E-state index in [-0.39, 0.29) is 23.7 Å². The van der Waals surface area contributed by atoms with Crippen LogP contribution in [0.25, 0.3) is 0 Å². The van der Waals surface area contributed by atoms with Crippen molar-refractivity contribution in [2.24, 2.45) is 0 Å². The maximum absolute atomic E-state index is 12.8. The minimum atomic E-state index is -3.73. The van der Waals surface area contributed by atoms with E-state index in [1.54, 1.807) is 13.0 Å². The van der Waals surface area contributed by atoms with Gasteiger partial charge >= 0.3 is 12.3 Å². The van der Waals surface area contributed by atoms with Crippen LogP contribution in [0.4, 0.5) is 8.78 Å². The number of hydrogen-bond acceptors (Lipinski definition) is 5. The van der Waals surface area contributed by atoms with Crippen molar-refractivity contribution in [2.75, 3.05) is 6.61 Å². The number of ether oxygens (including phenoxy) is 3. The minimum Gasteiger partial charge on any atom is -0.465 e. The Kier molecular flexibility index (Phi) is 3.25. The first-order valence-corrected chi connectivity index (χ1v) is 5.43. The molecule has 1 atom stereocenters. The smallest absolute Gasteiger partial charge is 0.465 e. The largest absolute Gasteiger partial charge is 0.586 e. The highest BCUT2D eigenvalue weighted by atomic mass is 19.3. The Labute approximate surface area is 107 Å². The van der Waals surface area contributed by atoms with Gasteiger partial charge in [0.05, 0.1) is 12.7 Å². The Bertz CT molecular complexity index is 553. The second kappa shape index (κ2) is 4.72. The summed E-state index contributed by atoms with van der Waals surface area (Å²) in [4.78, 5) is 11.5. The molecule has 0 aromatic heterocycles. The van der Waals surface area contributed by atoms with E-state index in [9.17, 15) is 13.6 Å². The van der Waals surface area contributed by atoms with Gasteiger partial charge in [0.1, 0.15) is 0 Å². The van der Waals surface area contributed by atoms with Gasteiger partial charge in [0, 0.05) is 0 Å². The van der Waals surface area contributed by atoms with E-state index in [1.165, 1.54) is 18.2 Å². The van der Waals surface area contributed by atoms with Crippen LogP contribution in [0.3, 0.4) is 0 Å². The maximum atomic E-state index is 12.8. The molecule has 1 aromatic rings. The molecule has 0 radical (unpaired) electrons. The van der Waals surface area contributed by atoms with E-state index in [0.717, 1.165) is 0 Å². The summed E-state index contributed by atoms with van der Waals surface area (Å²) in [6.45, 7) is 1.73. The molecule has 1 aliphatic rings. The van der Waals surface area contributed by atoms with Gasteiger partial charge in [-0.15, -0.1) is 8.78 Å². The molecule has 0 saturated heterocycles. The van der Waals surface area contributed by atoms with Crippen LogP contribution in [0, 0.1) is 11.3 Å². The van der Waals surface area contributed by atoms with Gasteiger partial charge in [-0.05, 0) is 24.6 Å². The third kappa shape index (κ3) is 2.57. The van der Waals surface area contributed by atoms with Gasteiger partial charge in [-0.2, -0.15) is 5.26 Å². The molecule has 1 aliphatic heterocycles. The first-order chi connectivity index (χ1) is 8.96. The van der Waals surface area contributed by atoms with Crippen molar-refractivity contribution >= 4 is 5.97 Å². The maximum Gasteiger partial charge on any atom is 0.586 e. The number of nitriles is 1. The molecule has 1 heterocycles. The van der Waals surface area contributed by atoms with Crippen molar-refractivity contribution < 1.29 is 27.8 Å². The Balaban J connectivity index is 2.28. The monoisotopic (exact) mass is 269 g/mol. The molecule has 0 amide bonds. The molecule has 1 aromatic carbocycles. The average molecular weight is 269 g/mol. The summed E-state index contributed by atoms with van der Waals surface area (Å²) in [5, 5.41) is 8.96. The summed E-state index contributed by atoms with van der Waals surface area (Å²) in [6.07, 6.45) is -3.73. The number of esters is 1. The Hall–Kier alpha value is -2.36. The topological polar surface area (TPSA) is 68.6 Å². The third-order valence-electron chi connectivity index (χ3n) is 2.41. The molecule has 5 nitrogen and oxygen atoms in total. The molecular weight excluding hydrogens is 260 g/mol. The highest BCUT2D eigenvalue weighted by Gasteiger charge is 2.43. The summed E-state index contributed by atoms with van der Waals surface area (Å²) in [5.74, 6) is -2.29. The average Bonchev–Trinajstić information content (AvgIpc) is 2.63. The quantitative estimate of drug-likeness (QED) is 0.786. The fourth-order valence-electron chi connectivity index (χ4n) is 1.63. The SMILES string of the molecule is CCOC(=O)C(C#N)c1ccc2c(c1)OC(F)(F)O2. The zero-order chi connectivity index (χ0) is 14.0. The molecule has 0 aliphatic carbocycles. The summed E-state index contributed by atoms with van der Waals surface area (Å²) in [7, 11) is 0. The van der Waals surface area contributed by atoms with Crippen molar-refractivity contribution in [3.05, 3.63) is 23.8 Å². The molecule has 100 valence electrons. The summed E-state index contributed by atoms with van der Waals surface area (Å²) < 4.78 is 38.9. The zero-order valence-electron chi connectivity index (χ0n) is 9.85. The van der Waals surface area contributed by atoms with Crippen LogP contribution in [0.5, 0.6) is 11.5 Å². The second-order valence-corrected chi connectivity index (χ2v) is 3.69. The predicted molar refractivity (Wildman–Crippen MR) is 57.6 cm³/mol. The molecular formula is C12H9F2NO4. The second-order valence-electron chi connectivity index (χ2n) is 3.69. The Morgan fingerprint density at radius 3 is 2.79 bits per heavy atom. The van der Waals surface area contributed by atoms with Crippen LogP contribution in [-0.2, 0) is 9.53 Å². The fourth-order valence-corrected chi connectivity index (χ4v) is 1.63. The van der Waals surface area contributed by atoms with E-state index in [2.05, 4.69) is 9.47 Å². The van der Waals surface area contributed by atoms with Crippen LogP contribution in [0.15, 0.2) is 18.2 Å². The third-order valence-corrected chi connectivity index (χ3v) is 2.41. The molecule has 0 N–H and O–H groups in total. The van der Waals surface area contributed by atoms with Crippen molar-refractivity contribution in [3.63, 3.8) is 0 Å². The summed E-state index contributed by atoms with van der Waals surface area (Å²) in [6, 6.07) is 5.48. The van der Waals surface area contributed by atoms with Crippen LogP contribution in [-0.4, -0.2) is 18.9 Å². The van der Waals surface area contributed by atoms with Gasteiger partial charge in [0.2, 0.25) is 0 Å². The number of benzene rings is 1. The summed E-state index contributed by atoms with van der Waals surface area (Å²) in [5.41, 5.74) is 0.209. The highest BCUT2D eigenvalue weighted by Crippen LogP contribution is 2.42. The highest BCUT2D eigenvalue weighted by molar-refractivity contribution is 5.81. The van der Waals surface area contributed by atoms with Crippen molar-refractivity contribution in [2.45, 2.75) is 19.1 Å². The lowest BCUT2D eigenvalue weighted by Crippen LogP contribution is -2.25. The van der Waals surface area contributed by atoms with Gasteiger partial charge in [-0.3, -0.25) is 4.79 Å². The molecule has 0 saturated carbocycles. The molecule has 0 bridgehead atoms. The lowest BCUT2D eigenvalue weighted by molar-refractivity contribution is -0.286. The van der Waals surface area contributed by atoms with Crippen molar-refractivity contribution in [1.82, 2.24) is 0 Å². The Morgan fingerprint density at radius 2 is 2.16 bits per heavy atom. The van der Waals surface area contributed by atoms with Gasteiger partial charge in [-0.25, -0.2) is 0 Å². The number of halogens is 2. The van der Waals surface area contributed by atoms with Gasteiger partial charge in [0.25, 0.3) is 0 Å². The molecule has 1 unspecified atom stereocenters. The lowest BCUT2D eigenvalue weighted by atomic mass is 10.0. The van der Waals surface area contributed by atoms with E-state index >= 15 is 0 Å². The molecule has 19 heavy (non-hydrogen) atoms. The van der Waals surface area contributed by atoms with Crippen LogP contribution in [0.2, 0.25) is 0 Å². The van der Waals surface area contributed by atoms with Gasteiger partial charge in [0.15, 0.2) is 17.4 Å². The zero-order valence-corrected chi connectivity index (χ0v) is 9.85.